The Morgan fingerprint density at radius 3 is 2.30 bits per heavy atom. The highest BCUT2D eigenvalue weighted by Gasteiger charge is 2.20. The van der Waals surface area contributed by atoms with Crippen LogP contribution in [0.25, 0.3) is 0 Å². The molecule has 0 aliphatic heterocycles. The molecule has 1 saturated carbocycles. The molecule has 0 amide bonds. The molecule has 3 rings (SSSR count). The number of ether oxygens (including phenoxy) is 1. The average molecular weight is 310 g/mol. The molecule has 1 aromatic carbocycles. The lowest BCUT2D eigenvalue weighted by molar-refractivity contribution is 0.289. The summed E-state index contributed by atoms with van der Waals surface area (Å²) in [6.07, 6.45) is 10.2. The summed E-state index contributed by atoms with van der Waals surface area (Å²) in [6.45, 7) is 0.948. The molecule has 23 heavy (non-hydrogen) atoms. The van der Waals surface area contributed by atoms with E-state index in [-0.39, 0.29) is 0 Å². The molecular formula is C20H26N2O. The SMILES string of the molecule is COc1ccc(CNC2CCC(Cc3ccncc3)CC2)cc1. The third-order valence-electron chi connectivity index (χ3n) is 4.87. The Hall–Kier alpha value is -1.87. The zero-order chi connectivity index (χ0) is 15.9. The lowest BCUT2D eigenvalue weighted by Crippen LogP contribution is -2.33. The molecule has 1 aliphatic rings. The molecular weight excluding hydrogens is 284 g/mol. The van der Waals surface area contributed by atoms with Crippen LogP contribution >= 0.6 is 0 Å². The number of hydrogen-bond donors (Lipinski definition) is 1. The monoisotopic (exact) mass is 310 g/mol. The van der Waals surface area contributed by atoms with Gasteiger partial charge in [0.05, 0.1) is 7.11 Å². The van der Waals surface area contributed by atoms with Crippen LogP contribution in [0, 0.1) is 5.92 Å². The zero-order valence-corrected chi connectivity index (χ0v) is 13.9. The second-order valence-electron chi connectivity index (χ2n) is 6.51. The topological polar surface area (TPSA) is 34.1 Å². The predicted molar refractivity (Wildman–Crippen MR) is 93.5 cm³/mol. The van der Waals surface area contributed by atoms with Crippen molar-refractivity contribution in [1.82, 2.24) is 10.3 Å². The molecule has 3 nitrogen and oxygen atoms in total. The van der Waals surface area contributed by atoms with Gasteiger partial charge in [0.15, 0.2) is 0 Å². The van der Waals surface area contributed by atoms with Crippen LogP contribution in [0.1, 0.15) is 36.8 Å². The number of pyridine rings is 1. The number of benzene rings is 1. The molecule has 2 aromatic rings. The van der Waals surface area contributed by atoms with Crippen molar-refractivity contribution in [2.45, 2.75) is 44.7 Å². The van der Waals surface area contributed by atoms with Crippen LogP contribution in [0.15, 0.2) is 48.8 Å². The third-order valence-corrected chi connectivity index (χ3v) is 4.87. The lowest BCUT2D eigenvalue weighted by atomic mass is 9.82. The van der Waals surface area contributed by atoms with E-state index in [0.29, 0.717) is 6.04 Å². The van der Waals surface area contributed by atoms with Crippen LogP contribution in [0.2, 0.25) is 0 Å². The van der Waals surface area contributed by atoms with Crippen LogP contribution in [-0.4, -0.2) is 18.1 Å². The van der Waals surface area contributed by atoms with Crippen molar-refractivity contribution >= 4 is 0 Å². The highest BCUT2D eigenvalue weighted by Crippen LogP contribution is 2.27. The molecule has 0 unspecified atom stereocenters. The normalized spacial score (nSPS) is 21.1. The maximum absolute atomic E-state index is 5.20. The third kappa shape index (κ3) is 4.80. The summed E-state index contributed by atoms with van der Waals surface area (Å²) in [7, 11) is 1.71. The van der Waals surface area contributed by atoms with Crippen molar-refractivity contribution < 1.29 is 4.74 Å². The first-order valence-corrected chi connectivity index (χ1v) is 8.58. The fourth-order valence-electron chi connectivity index (χ4n) is 3.43. The maximum atomic E-state index is 5.20. The minimum absolute atomic E-state index is 0.658. The van der Waals surface area contributed by atoms with E-state index in [2.05, 4.69) is 34.6 Å². The smallest absolute Gasteiger partial charge is 0.118 e. The highest BCUT2D eigenvalue weighted by molar-refractivity contribution is 5.27. The highest BCUT2D eigenvalue weighted by atomic mass is 16.5. The minimum Gasteiger partial charge on any atom is -0.497 e. The van der Waals surface area contributed by atoms with Crippen molar-refractivity contribution in [1.29, 1.82) is 0 Å². The first-order valence-electron chi connectivity index (χ1n) is 8.58. The Balaban J connectivity index is 1.40. The molecule has 3 heteroatoms. The van der Waals surface area contributed by atoms with E-state index >= 15 is 0 Å². The second-order valence-corrected chi connectivity index (χ2v) is 6.51. The van der Waals surface area contributed by atoms with Crippen LogP contribution in [-0.2, 0) is 13.0 Å². The molecule has 1 heterocycles. The summed E-state index contributed by atoms with van der Waals surface area (Å²) >= 11 is 0. The Bertz CT molecular complexity index is 574. The summed E-state index contributed by atoms with van der Waals surface area (Å²) in [5.41, 5.74) is 2.75. The van der Waals surface area contributed by atoms with Gasteiger partial charge in [0.2, 0.25) is 0 Å². The van der Waals surface area contributed by atoms with Gasteiger partial charge in [-0.15, -0.1) is 0 Å². The van der Waals surface area contributed by atoms with Gasteiger partial charge in [-0.05, 0) is 73.4 Å². The quantitative estimate of drug-likeness (QED) is 0.876. The van der Waals surface area contributed by atoms with Gasteiger partial charge in [-0.3, -0.25) is 4.98 Å². The molecule has 1 fully saturated rings. The largest absolute Gasteiger partial charge is 0.497 e. The van der Waals surface area contributed by atoms with Crippen molar-refractivity contribution in [2.24, 2.45) is 5.92 Å². The molecule has 122 valence electrons. The standard InChI is InChI=1S/C20H26N2O/c1-23-20-8-4-18(5-9-20)15-22-19-6-2-16(3-7-19)14-17-10-12-21-13-11-17/h4-5,8-13,16,19,22H,2-3,6-7,14-15H2,1H3. The molecule has 0 radical (unpaired) electrons. The number of hydrogen-bond acceptors (Lipinski definition) is 3. The van der Waals surface area contributed by atoms with Gasteiger partial charge in [0.25, 0.3) is 0 Å². The van der Waals surface area contributed by atoms with Gasteiger partial charge in [-0.25, -0.2) is 0 Å². The Kier molecular flexibility index (Phi) is 5.65. The number of nitrogens with one attached hydrogen (secondary N) is 1. The Morgan fingerprint density at radius 1 is 0.957 bits per heavy atom. The van der Waals surface area contributed by atoms with Gasteiger partial charge >= 0.3 is 0 Å². The summed E-state index contributed by atoms with van der Waals surface area (Å²) in [5.74, 6) is 1.75. The van der Waals surface area contributed by atoms with Gasteiger partial charge in [-0.1, -0.05) is 12.1 Å². The molecule has 1 aliphatic carbocycles. The van der Waals surface area contributed by atoms with E-state index in [0.717, 1.165) is 18.2 Å². The van der Waals surface area contributed by atoms with Crippen LogP contribution in [0.4, 0.5) is 0 Å². The molecule has 0 spiro atoms. The van der Waals surface area contributed by atoms with Crippen molar-refractivity contribution in [2.75, 3.05) is 7.11 Å². The fraction of sp³-hybridized carbons (Fsp3) is 0.450. The number of nitrogens with zero attached hydrogens (tertiary/aromatic N) is 1. The predicted octanol–water partition coefficient (Wildman–Crippen LogP) is 3.98. The molecule has 1 aromatic heterocycles. The number of rotatable bonds is 6. The van der Waals surface area contributed by atoms with Crippen LogP contribution in [0.3, 0.4) is 0 Å². The molecule has 0 saturated heterocycles. The van der Waals surface area contributed by atoms with Gasteiger partial charge < -0.3 is 10.1 Å². The van der Waals surface area contributed by atoms with Crippen molar-refractivity contribution in [3.63, 3.8) is 0 Å². The van der Waals surface area contributed by atoms with Crippen molar-refractivity contribution in [3.05, 3.63) is 59.9 Å². The first kappa shape index (κ1) is 16.0. The van der Waals surface area contributed by atoms with Gasteiger partial charge in [0.1, 0.15) is 5.75 Å². The van der Waals surface area contributed by atoms with E-state index in [1.165, 1.54) is 43.2 Å². The van der Waals surface area contributed by atoms with E-state index < -0.39 is 0 Å². The summed E-state index contributed by atoms with van der Waals surface area (Å²) in [5, 5.41) is 3.71. The lowest BCUT2D eigenvalue weighted by Gasteiger charge is -2.29. The van der Waals surface area contributed by atoms with E-state index in [9.17, 15) is 0 Å². The van der Waals surface area contributed by atoms with E-state index in [1.54, 1.807) is 7.11 Å². The first-order chi connectivity index (χ1) is 11.3. The summed E-state index contributed by atoms with van der Waals surface area (Å²) < 4.78 is 5.20. The van der Waals surface area contributed by atoms with Crippen LogP contribution < -0.4 is 10.1 Å². The Labute approximate surface area is 139 Å². The van der Waals surface area contributed by atoms with Crippen LogP contribution in [0.5, 0.6) is 5.75 Å². The van der Waals surface area contributed by atoms with Crippen molar-refractivity contribution in [3.8, 4) is 5.75 Å². The van der Waals surface area contributed by atoms with Gasteiger partial charge in [-0.2, -0.15) is 0 Å². The van der Waals surface area contributed by atoms with E-state index in [1.807, 2.05) is 24.5 Å². The Morgan fingerprint density at radius 2 is 1.65 bits per heavy atom. The molecule has 0 atom stereocenters. The number of aromatic nitrogens is 1. The van der Waals surface area contributed by atoms with E-state index in [4.69, 9.17) is 4.74 Å². The maximum Gasteiger partial charge on any atom is 0.118 e. The average Bonchev–Trinajstić information content (AvgIpc) is 2.62. The fourth-order valence-corrected chi connectivity index (χ4v) is 3.43. The number of methoxy groups -OCH3 is 1. The molecule has 1 N–H and O–H groups in total. The van der Waals surface area contributed by atoms with Gasteiger partial charge in [0, 0.05) is 25.0 Å². The minimum atomic E-state index is 0.658. The zero-order valence-electron chi connectivity index (χ0n) is 13.9. The second kappa shape index (κ2) is 8.11. The molecule has 0 bridgehead atoms. The summed E-state index contributed by atoms with van der Waals surface area (Å²) in [4.78, 5) is 4.10. The summed E-state index contributed by atoms with van der Waals surface area (Å²) in [6, 6.07) is 13.3.